The summed E-state index contributed by atoms with van der Waals surface area (Å²) in [5, 5.41) is 23.8. The maximum Gasteiger partial charge on any atom is 0.250 e. The third-order valence-corrected chi connectivity index (χ3v) is 6.58. The molecule has 7 nitrogen and oxygen atoms in total. The summed E-state index contributed by atoms with van der Waals surface area (Å²) in [7, 11) is 0. The fourth-order valence-corrected chi connectivity index (χ4v) is 5.34. The molecule has 0 spiro atoms. The lowest BCUT2D eigenvalue weighted by Crippen LogP contribution is -2.58. The average Bonchev–Trinajstić information content (AvgIpc) is 3.36. The lowest BCUT2D eigenvalue weighted by molar-refractivity contribution is -0.120. The molecule has 0 saturated carbocycles. The Kier molecular flexibility index (Phi) is 4.07. The van der Waals surface area contributed by atoms with Crippen molar-refractivity contribution in [2.75, 3.05) is 6.54 Å². The monoisotopic (exact) mass is 402 g/mol. The Morgan fingerprint density at radius 1 is 1.27 bits per heavy atom. The van der Waals surface area contributed by atoms with Crippen molar-refractivity contribution in [2.45, 2.75) is 57.7 Å². The van der Waals surface area contributed by atoms with Crippen LogP contribution in [0.3, 0.4) is 0 Å². The normalized spacial score (nSPS) is 28.9. The Morgan fingerprint density at radius 2 is 2.10 bits per heavy atom. The number of carbonyl (C=O) groups is 1. The molecule has 0 aromatic heterocycles. The summed E-state index contributed by atoms with van der Waals surface area (Å²) in [5.41, 5.74) is 6.10. The molecule has 0 fully saturated rings. The lowest BCUT2D eigenvalue weighted by atomic mass is 9.61. The fourth-order valence-electron chi connectivity index (χ4n) is 5.34. The van der Waals surface area contributed by atoms with Gasteiger partial charge in [0.2, 0.25) is 0 Å². The molecule has 154 valence electrons. The van der Waals surface area contributed by atoms with E-state index in [0.29, 0.717) is 6.54 Å². The van der Waals surface area contributed by atoms with Crippen molar-refractivity contribution in [1.82, 2.24) is 10.6 Å². The largest absolute Gasteiger partial charge is 0.362 e. The number of amides is 1. The fraction of sp³-hybridized carbons (Fsp3) is 0.435. The van der Waals surface area contributed by atoms with E-state index in [1.54, 1.807) is 0 Å². The van der Waals surface area contributed by atoms with E-state index in [1.807, 2.05) is 13.1 Å². The van der Waals surface area contributed by atoms with Gasteiger partial charge < -0.3 is 10.6 Å². The summed E-state index contributed by atoms with van der Waals surface area (Å²) < 4.78 is 0. The molecule has 0 saturated heterocycles. The van der Waals surface area contributed by atoms with Crippen LogP contribution < -0.4 is 10.6 Å². The van der Waals surface area contributed by atoms with E-state index < -0.39 is 5.41 Å². The van der Waals surface area contributed by atoms with Gasteiger partial charge in [0.1, 0.15) is 0 Å². The molecular formula is C23H26N6O. The predicted octanol–water partition coefficient (Wildman–Crippen LogP) is 4.36. The second kappa shape index (κ2) is 6.45. The van der Waals surface area contributed by atoms with Crippen LogP contribution in [0.4, 0.5) is 0 Å². The van der Waals surface area contributed by atoms with Crippen LogP contribution in [0.5, 0.6) is 0 Å². The molecule has 4 aliphatic heterocycles. The molecule has 2 unspecified atom stereocenters. The molecule has 4 aliphatic rings. The number of hydrogen-bond donors (Lipinski definition) is 2. The molecular weight excluding hydrogens is 376 g/mol. The Balaban J connectivity index is 1.76. The number of carbonyl (C=O) groups excluding carboxylic acids is 1. The second-order valence-electron chi connectivity index (χ2n) is 9.04. The minimum Gasteiger partial charge on any atom is -0.362 e. The highest BCUT2D eigenvalue weighted by atomic mass is 16.2. The molecule has 0 radical (unpaired) electrons. The van der Waals surface area contributed by atoms with E-state index in [2.05, 4.69) is 76.1 Å². The Labute approximate surface area is 176 Å². The zero-order valence-corrected chi connectivity index (χ0v) is 17.8. The summed E-state index contributed by atoms with van der Waals surface area (Å²) in [4.78, 5) is 13.5. The van der Waals surface area contributed by atoms with Crippen LogP contribution >= 0.6 is 0 Å². The third-order valence-electron chi connectivity index (χ3n) is 6.58. The van der Waals surface area contributed by atoms with Gasteiger partial charge in [-0.3, -0.25) is 4.79 Å². The van der Waals surface area contributed by atoms with Gasteiger partial charge in [0.15, 0.2) is 6.17 Å². The summed E-state index contributed by atoms with van der Waals surface area (Å²) in [6, 6.07) is 8.44. The van der Waals surface area contributed by atoms with Crippen molar-refractivity contribution in [3.63, 3.8) is 0 Å². The second-order valence-corrected chi connectivity index (χ2v) is 9.04. The highest BCUT2D eigenvalue weighted by molar-refractivity contribution is 6.00. The number of nitrogens with one attached hydrogen (secondary N) is 2. The molecule has 2 N–H and O–H groups in total. The minimum absolute atomic E-state index is 0.0169. The van der Waals surface area contributed by atoms with Gasteiger partial charge in [-0.05, 0) is 38.3 Å². The summed E-state index contributed by atoms with van der Waals surface area (Å²) >= 11 is 0. The molecule has 30 heavy (non-hydrogen) atoms. The highest BCUT2D eigenvalue weighted by Crippen LogP contribution is 2.52. The van der Waals surface area contributed by atoms with E-state index in [-0.39, 0.29) is 17.6 Å². The maximum atomic E-state index is 13.5. The van der Waals surface area contributed by atoms with Crippen LogP contribution in [-0.2, 0) is 10.2 Å². The summed E-state index contributed by atoms with van der Waals surface area (Å²) in [6.07, 6.45) is 3.06. The highest BCUT2D eigenvalue weighted by Gasteiger charge is 2.54. The van der Waals surface area contributed by atoms with Crippen molar-refractivity contribution >= 4 is 11.5 Å². The quantitative estimate of drug-likeness (QED) is 0.786. The zero-order chi connectivity index (χ0) is 21.1. The Bertz CT molecular complexity index is 1110. The number of allylic oxidation sites excluding steroid dienone is 1. The molecule has 4 heterocycles. The third kappa shape index (κ3) is 2.61. The average molecular weight is 403 g/mol. The van der Waals surface area contributed by atoms with Crippen molar-refractivity contribution < 1.29 is 4.79 Å². The van der Waals surface area contributed by atoms with Gasteiger partial charge in [0.25, 0.3) is 5.91 Å². The number of nitrogens with zero attached hydrogens (tertiary/aromatic N) is 4. The molecule has 5 rings (SSSR count). The van der Waals surface area contributed by atoms with Crippen molar-refractivity contribution in [1.29, 1.82) is 0 Å². The molecule has 1 aromatic carbocycles. The first-order valence-electron chi connectivity index (χ1n) is 10.5. The van der Waals surface area contributed by atoms with Crippen molar-refractivity contribution in [3.05, 3.63) is 64.1 Å². The number of fused-ring (bicyclic) bond motifs is 1. The Hall–Kier alpha value is -3.09. The van der Waals surface area contributed by atoms with E-state index in [0.717, 1.165) is 52.1 Å². The van der Waals surface area contributed by atoms with Crippen LogP contribution in [0, 0.1) is 0 Å². The van der Waals surface area contributed by atoms with Crippen LogP contribution in [-0.4, -0.2) is 24.2 Å². The number of benzene rings is 1. The first kappa shape index (κ1) is 18.9. The molecule has 2 atom stereocenters. The maximum absolute atomic E-state index is 13.5. The smallest absolute Gasteiger partial charge is 0.250 e. The van der Waals surface area contributed by atoms with Crippen LogP contribution in [0.2, 0.25) is 0 Å². The molecule has 0 bridgehead atoms. The van der Waals surface area contributed by atoms with Gasteiger partial charge in [-0.25, -0.2) is 0 Å². The zero-order valence-electron chi connectivity index (χ0n) is 17.8. The standard InChI is InChI=1S/C23H26N6O/c1-5-23(16-8-6-7-14(9-16)15-11-24-25-12-15)18-13(2)28-29-20(18)26-17-10-22(3,4)27-21(30)19(17)23/h6-9,11,20,26H,5,10,12H2,1-4H3,(H,27,30). The van der Waals surface area contributed by atoms with Crippen LogP contribution in [0.25, 0.3) is 5.57 Å². The van der Waals surface area contributed by atoms with E-state index in [9.17, 15) is 4.79 Å². The van der Waals surface area contributed by atoms with Crippen LogP contribution in [0.1, 0.15) is 51.7 Å². The van der Waals surface area contributed by atoms with E-state index >= 15 is 0 Å². The minimum atomic E-state index is -0.580. The molecule has 1 aromatic rings. The number of rotatable bonds is 3. The molecule has 0 aliphatic carbocycles. The van der Waals surface area contributed by atoms with Gasteiger partial charge >= 0.3 is 0 Å². The van der Waals surface area contributed by atoms with Gasteiger partial charge in [-0.1, -0.05) is 31.2 Å². The first-order valence-corrected chi connectivity index (χ1v) is 10.5. The summed E-state index contributed by atoms with van der Waals surface area (Å²) in [6.45, 7) is 8.82. The van der Waals surface area contributed by atoms with Gasteiger partial charge in [0, 0.05) is 28.8 Å². The molecule has 7 heteroatoms. The summed E-state index contributed by atoms with van der Waals surface area (Å²) in [5.74, 6) is -0.0169. The van der Waals surface area contributed by atoms with Gasteiger partial charge in [0.05, 0.1) is 29.4 Å². The van der Waals surface area contributed by atoms with E-state index in [4.69, 9.17) is 0 Å². The van der Waals surface area contributed by atoms with Gasteiger partial charge in [-0.2, -0.15) is 20.5 Å². The lowest BCUT2D eigenvalue weighted by Gasteiger charge is -2.48. The SMILES string of the molecule is CCC1(c2cccc(C3=CN=NC3)c2)C2=C(CC(C)(C)NC2=O)NC2N=NC(C)=C21. The van der Waals surface area contributed by atoms with Crippen molar-refractivity contribution in [2.24, 2.45) is 20.5 Å². The van der Waals surface area contributed by atoms with Gasteiger partial charge in [-0.15, -0.1) is 0 Å². The number of hydrogen-bond acceptors (Lipinski definition) is 6. The topological polar surface area (TPSA) is 90.6 Å². The number of azo groups is 2. The van der Waals surface area contributed by atoms with Crippen molar-refractivity contribution in [3.8, 4) is 0 Å². The Morgan fingerprint density at radius 3 is 2.83 bits per heavy atom. The van der Waals surface area contributed by atoms with Crippen LogP contribution in [0.15, 0.2) is 73.5 Å². The molecule has 1 amide bonds. The predicted molar refractivity (Wildman–Crippen MR) is 114 cm³/mol. The van der Waals surface area contributed by atoms with E-state index in [1.165, 1.54) is 0 Å². The first-order chi connectivity index (χ1) is 14.4.